The molecule has 34 heavy (non-hydrogen) atoms. The first-order valence-corrected chi connectivity index (χ1v) is 11.3. The van der Waals surface area contributed by atoms with Crippen LogP contribution in [0.5, 0.6) is 0 Å². The van der Waals surface area contributed by atoms with E-state index < -0.39 is 23.6 Å². The second-order valence-corrected chi connectivity index (χ2v) is 8.71. The summed E-state index contributed by atoms with van der Waals surface area (Å²) in [4.78, 5) is 29.3. The van der Waals surface area contributed by atoms with Crippen LogP contribution in [0, 0.1) is 24.2 Å². The van der Waals surface area contributed by atoms with Crippen molar-refractivity contribution in [3.05, 3.63) is 29.1 Å². The maximum absolute atomic E-state index is 13.4. The highest BCUT2D eigenvalue weighted by atomic mass is 19.1. The Kier molecular flexibility index (Phi) is 7.87. The first-order chi connectivity index (χ1) is 16.1. The summed E-state index contributed by atoms with van der Waals surface area (Å²) in [5.74, 6) is 5.35. The summed E-state index contributed by atoms with van der Waals surface area (Å²) in [6, 6.07) is 3.59. The zero-order valence-electron chi connectivity index (χ0n) is 20.0. The molecular formula is C24H30FN5O4. The van der Waals surface area contributed by atoms with E-state index in [-0.39, 0.29) is 26.0 Å². The van der Waals surface area contributed by atoms with Crippen LogP contribution >= 0.6 is 0 Å². The van der Waals surface area contributed by atoms with Crippen LogP contribution in [-0.4, -0.2) is 61.8 Å². The highest BCUT2D eigenvalue weighted by Gasteiger charge is 2.43. The molecular weight excluding hydrogens is 441 g/mol. The van der Waals surface area contributed by atoms with Gasteiger partial charge in [-0.3, -0.25) is 9.78 Å². The van der Waals surface area contributed by atoms with Crippen LogP contribution in [-0.2, 0) is 23.2 Å². The third-order valence-corrected chi connectivity index (χ3v) is 5.94. The number of hydrogen-bond donors (Lipinski definition) is 1. The number of halogens is 1. The molecule has 0 aliphatic heterocycles. The molecule has 182 valence electrons. The van der Waals surface area contributed by atoms with E-state index in [0.29, 0.717) is 29.2 Å². The molecule has 10 heteroatoms. The number of rotatable bonds is 9. The zero-order chi connectivity index (χ0) is 24.9. The minimum absolute atomic E-state index is 0.0500. The molecule has 1 amide bonds. The molecule has 0 saturated heterocycles. The molecule has 0 radical (unpaired) electrons. The maximum atomic E-state index is 13.4. The van der Waals surface area contributed by atoms with Crippen LogP contribution in [0.4, 0.5) is 9.18 Å². The zero-order valence-corrected chi connectivity index (χ0v) is 20.0. The summed E-state index contributed by atoms with van der Waals surface area (Å²) < 4.78 is 20.4. The molecule has 1 aliphatic carbocycles. The van der Waals surface area contributed by atoms with Crippen molar-refractivity contribution in [1.29, 1.82) is 0 Å². The molecule has 9 nitrogen and oxygen atoms in total. The van der Waals surface area contributed by atoms with Crippen molar-refractivity contribution >= 4 is 12.1 Å². The monoisotopic (exact) mass is 471 g/mol. The Bertz CT molecular complexity index is 1120. The fraction of sp³-hybridized carbons (Fsp3) is 0.542. The van der Waals surface area contributed by atoms with E-state index in [2.05, 4.69) is 27.1 Å². The topological polar surface area (TPSA) is 110 Å². The lowest BCUT2D eigenvalue weighted by atomic mass is 10.0. The molecule has 2 heterocycles. The van der Waals surface area contributed by atoms with Gasteiger partial charge in [0.15, 0.2) is 0 Å². The van der Waals surface area contributed by atoms with Crippen molar-refractivity contribution in [2.24, 2.45) is 12.5 Å². The predicted molar refractivity (Wildman–Crippen MR) is 122 cm³/mol. The lowest BCUT2D eigenvalue weighted by molar-refractivity contribution is -0.137. The van der Waals surface area contributed by atoms with E-state index in [4.69, 9.17) is 9.84 Å². The van der Waals surface area contributed by atoms with Crippen LogP contribution in [0.25, 0.3) is 11.4 Å². The minimum Gasteiger partial charge on any atom is -0.481 e. The lowest BCUT2D eigenvalue weighted by Crippen LogP contribution is -2.30. The third kappa shape index (κ3) is 6.31. The molecule has 0 aromatic carbocycles. The van der Waals surface area contributed by atoms with Gasteiger partial charge in [-0.15, -0.1) is 5.10 Å². The molecule has 1 aliphatic rings. The van der Waals surface area contributed by atoms with E-state index in [9.17, 15) is 14.0 Å². The Balaban J connectivity index is 1.69. The number of aromatic nitrogens is 4. The first-order valence-electron chi connectivity index (χ1n) is 11.3. The van der Waals surface area contributed by atoms with Crippen LogP contribution in [0.1, 0.15) is 56.0 Å². The van der Waals surface area contributed by atoms with Gasteiger partial charge >= 0.3 is 12.1 Å². The molecule has 1 saturated carbocycles. The molecule has 1 unspecified atom stereocenters. The number of carboxylic acids is 1. The first kappa shape index (κ1) is 25.1. The van der Waals surface area contributed by atoms with E-state index in [1.807, 2.05) is 13.0 Å². The van der Waals surface area contributed by atoms with Gasteiger partial charge in [-0.05, 0) is 44.7 Å². The highest BCUT2D eigenvalue weighted by Crippen LogP contribution is 2.48. The summed E-state index contributed by atoms with van der Waals surface area (Å²) in [5, 5.41) is 17.3. The standard InChI is InChI=1S/C24H30FN5O4/c1-5-18(25)9-13-29(3)23(33)34-15-20-22(27-28-30(20)4)19-7-6-17(16(2)26-19)8-10-24(11-12-24)14-21(31)32/h6-7,18H,5,9,11-15H2,1-4H3,(H,31,32). The Morgan fingerprint density at radius 2 is 2.12 bits per heavy atom. The summed E-state index contributed by atoms with van der Waals surface area (Å²) in [7, 11) is 3.27. The number of amides is 1. The molecule has 1 fully saturated rings. The van der Waals surface area contributed by atoms with Crippen molar-refractivity contribution in [3.8, 4) is 23.2 Å². The summed E-state index contributed by atoms with van der Waals surface area (Å²) in [5.41, 5.74) is 2.60. The number of aryl methyl sites for hydroxylation is 2. The average Bonchev–Trinajstić information content (AvgIpc) is 3.46. The number of hydrogen-bond acceptors (Lipinski definition) is 6. The highest BCUT2D eigenvalue weighted by molar-refractivity contribution is 5.69. The summed E-state index contributed by atoms with van der Waals surface area (Å²) in [6.07, 6.45) is 0.803. The van der Waals surface area contributed by atoms with Gasteiger partial charge in [0.25, 0.3) is 0 Å². The normalized spacial score (nSPS) is 14.6. The van der Waals surface area contributed by atoms with Crippen LogP contribution in [0.3, 0.4) is 0 Å². The number of carbonyl (C=O) groups excluding carboxylic acids is 1. The fourth-order valence-electron chi connectivity index (χ4n) is 3.42. The number of aliphatic carboxylic acids is 1. The number of ether oxygens (including phenoxy) is 1. The lowest BCUT2D eigenvalue weighted by Gasteiger charge is -2.18. The van der Waals surface area contributed by atoms with Crippen LogP contribution < -0.4 is 0 Å². The molecule has 2 aromatic rings. The van der Waals surface area contributed by atoms with Gasteiger partial charge in [-0.25, -0.2) is 13.9 Å². The van der Waals surface area contributed by atoms with Gasteiger partial charge in [-0.1, -0.05) is 24.0 Å². The second kappa shape index (κ2) is 10.6. The van der Waals surface area contributed by atoms with E-state index in [0.717, 1.165) is 18.4 Å². The average molecular weight is 472 g/mol. The second-order valence-electron chi connectivity index (χ2n) is 8.71. The molecule has 3 rings (SSSR count). The van der Waals surface area contributed by atoms with E-state index in [1.54, 1.807) is 27.1 Å². The van der Waals surface area contributed by atoms with Crippen molar-refractivity contribution in [3.63, 3.8) is 0 Å². The molecule has 0 bridgehead atoms. The Morgan fingerprint density at radius 3 is 2.74 bits per heavy atom. The Labute approximate surface area is 198 Å². The molecule has 0 spiro atoms. The molecule has 2 aromatic heterocycles. The predicted octanol–water partition coefficient (Wildman–Crippen LogP) is 3.50. The van der Waals surface area contributed by atoms with Gasteiger partial charge in [0, 0.05) is 31.6 Å². The third-order valence-electron chi connectivity index (χ3n) is 5.94. The van der Waals surface area contributed by atoms with Gasteiger partial charge in [0.2, 0.25) is 0 Å². The fourth-order valence-corrected chi connectivity index (χ4v) is 3.42. The number of carboxylic acid groups (broad SMARTS) is 1. The maximum Gasteiger partial charge on any atom is 0.409 e. The number of nitrogens with zero attached hydrogens (tertiary/aromatic N) is 5. The van der Waals surface area contributed by atoms with E-state index >= 15 is 0 Å². The van der Waals surface area contributed by atoms with E-state index in [1.165, 1.54) is 9.58 Å². The summed E-state index contributed by atoms with van der Waals surface area (Å²) in [6.45, 7) is 3.79. The van der Waals surface area contributed by atoms with Gasteiger partial charge in [-0.2, -0.15) is 0 Å². The summed E-state index contributed by atoms with van der Waals surface area (Å²) >= 11 is 0. The van der Waals surface area contributed by atoms with Gasteiger partial charge in [0.1, 0.15) is 24.2 Å². The van der Waals surface area contributed by atoms with Gasteiger partial charge in [0.05, 0.1) is 17.8 Å². The van der Waals surface area contributed by atoms with Crippen LogP contribution in [0.15, 0.2) is 12.1 Å². The molecule has 1 N–H and O–H groups in total. The van der Waals surface area contributed by atoms with Gasteiger partial charge < -0.3 is 14.7 Å². The number of pyridine rings is 1. The SMILES string of the molecule is CCC(F)CCN(C)C(=O)OCc1c(-c2ccc(C#CC3(CC(=O)O)CC3)c(C)n2)nnn1C. The van der Waals surface area contributed by atoms with Crippen molar-refractivity contribution in [2.45, 2.75) is 58.7 Å². The largest absolute Gasteiger partial charge is 0.481 e. The number of carbonyl (C=O) groups is 2. The number of alkyl halides is 1. The molecule has 1 atom stereocenters. The smallest absolute Gasteiger partial charge is 0.409 e. The quantitative estimate of drug-likeness (QED) is 0.557. The Morgan fingerprint density at radius 1 is 1.38 bits per heavy atom. The van der Waals surface area contributed by atoms with Crippen molar-refractivity contribution in [2.75, 3.05) is 13.6 Å². The van der Waals surface area contributed by atoms with Crippen molar-refractivity contribution < 1.29 is 23.8 Å². The van der Waals surface area contributed by atoms with Crippen molar-refractivity contribution in [1.82, 2.24) is 24.9 Å². The van der Waals surface area contributed by atoms with Crippen LogP contribution in [0.2, 0.25) is 0 Å². The Hall–Kier alpha value is -3.48. The minimum atomic E-state index is -0.947.